The topological polar surface area (TPSA) is 76.1 Å². The van der Waals surface area contributed by atoms with Gasteiger partial charge in [0.25, 0.3) is 5.91 Å². The maximum Gasteiger partial charge on any atom is 0.342 e. The van der Waals surface area contributed by atoms with E-state index in [1.54, 1.807) is 12.1 Å². The van der Waals surface area contributed by atoms with E-state index in [1.807, 2.05) is 0 Å². The number of benzene rings is 2. The molecule has 0 unspecified atom stereocenters. The molecule has 0 bridgehead atoms. The first-order valence-corrected chi connectivity index (χ1v) is 7.44. The summed E-state index contributed by atoms with van der Waals surface area (Å²) in [6, 6.07) is 10.2. The lowest BCUT2D eigenvalue weighted by Crippen LogP contribution is -2.30. The number of phenols is 1. The normalized spacial score (nSPS) is 10.2. The van der Waals surface area contributed by atoms with Crippen LogP contribution in [0.3, 0.4) is 0 Å². The highest BCUT2D eigenvalue weighted by Gasteiger charge is 2.18. The molecule has 0 aliphatic carbocycles. The minimum absolute atomic E-state index is 0.0973. The van der Waals surface area contributed by atoms with Crippen molar-refractivity contribution in [3.63, 3.8) is 0 Å². The van der Waals surface area contributed by atoms with Crippen molar-refractivity contribution in [2.75, 3.05) is 20.8 Å². The van der Waals surface area contributed by atoms with Crippen molar-refractivity contribution < 1.29 is 28.6 Å². The zero-order valence-electron chi connectivity index (χ0n) is 13.9. The van der Waals surface area contributed by atoms with E-state index in [-0.39, 0.29) is 23.6 Å². The summed E-state index contributed by atoms with van der Waals surface area (Å²) in [6.07, 6.45) is 0. The van der Waals surface area contributed by atoms with Crippen LogP contribution >= 0.6 is 0 Å². The van der Waals surface area contributed by atoms with Gasteiger partial charge in [-0.15, -0.1) is 0 Å². The van der Waals surface area contributed by atoms with Crippen LogP contribution in [0, 0.1) is 5.82 Å². The molecule has 6 nitrogen and oxygen atoms in total. The van der Waals surface area contributed by atoms with Crippen molar-refractivity contribution in [2.24, 2.45) is 0 Å². The number of phenolic OH excluding ortho intramolecular Hbond substituents is 1. The van der Waals surface area contributed by atoms with Crippen LogP contribution in [0.25, 0.3) is 0 Å². The molecule has 1 amide bonds. The molecule has 0 saturated carbocycles. The van der Waals surface area contributed by atoms with Gasteiger partial charge in [0.2, 0.25) is 0 Å². The lowest BCUT2D eigenvalue weighted by atomic mass is 10.2. The van der Waals surface area contributed by atoms with Gasteiger partial charge in [0.05, 0.1) is 7.11 Å². The van der Waals surface area contributed by atoms with Crippen LogP contribution in [0.15, 0.2) is 42.5 Å². The van der Waals surface area contributed by atoms with Crippen molar-refractivity contribution in [1.29, 1.82) is 0 Å². The summed E-state index contributed by atoms with van der Waals surface area (Å²) >= 11 is 0. The number of carbonyl (C=O) groups is 2. The monoisotopic (exact) mass is 347 g/mol. The lowest BCUT2D eigenvalue weighted by molar-refractivity contribution is -0.133. The Kier molecular flexibility index (Phi) is 5.94. The average molecular weight is 347 g/mol. The highest BCUT2D eigenvalue weighted by Crippen LogP contribution is 2.29. The van der Waals surface area contributed by atoms with Crippen LogP contribution in [-0.2, 0) is 16.1 Å². The van der Waals surface area contributed by atoms with Gasteiger partial charge >= 0.3 is 5.97 Å². The Bertz CT molecular complexity index is 778. The third-order valence-electron chi connectivity index (χ3n) is 3.50. The summed E-state index contributed by atoms with van der Waals surface area (Å²) in [6.45, 7) is -0.320. The highest BCUT2D eigenvalue weighted by atomic mass is 19.1. The van der Waals surface area contributed by atoms with E-state index in [1.165, 1.54) is 49.4 Å². The van der Waals surface area contributed by atoms with Gasteiger partial charge in [-0.25, -0.2) is 9.18 Å². The summed E-state index contributed by atoms with van der Waals surface area (Å²) < 4.78 is 23.0. The second-order valence-electron chi connectivity index (χ2n) is 5.31. The molecular formula is C18H18FNO5. The smallest absolute Gasteiger partial charge is 0.342 e. The summed E-state index contributed by atoms with van der Waals surface area (Å²) in [7, 11) is 2.87. The van der Waals surface area contributed by atoms with E-state index in [0.717, 1.165) is 0 Å². The number of halogens is 1. The van der Waals surface area contributed by atoms with Crippen molar-refractivity contribution in [2.45, 2.75) is 6.54 Å². The minimum Gasteiger partial charge on any atom is -0.504 e. The molecule has 0 aliphatic rings. The third-order valence-corrected chi connectivity index (χ3v) is 3.50. The van der Waals surface area contributed by atoms with Crippen LogP contribution in [-0.4, -0.2) is 42.6 Å². The molecule has 0 saturated heterocycles. The number of hydrogen-bond donors (Lipinski definition) is 1. The second kappa shape index (κ2) is 8.14. The predicted octanol–water partition coefficient (Wildman–Crippen LogP) is 2.36. The minimum atomic E-state index is -0.844. The van der Waals surface area contributed by atoms with Gasteiger partial charge in [-0.3, -0.25) is 4.79 Å². The first-order valence-electron chi connectivity index (χ1n) is 7.44. The molecule has 7 heteroatoms. The Labute approximate surface area is 144 Å². The first kappa shape index (κ1) is 18.3. The van der Waals surface area contributed by atoms with Gasteiger partial charge < -0.3 is 19.5 Å². The fraction of sp³-hybridized carbons (Fsp3) is 0.222. The van der Waals surface area contributed by atoms with E-state index >= 15 is 0 Å². The number of esters is 1. The Hall–Kier alpha value is -3.09. The number of amides is 1. The molecule has 2 aromatic rings. The molecule has 0 heterocycles. The third kappa shape index (κ3) is 4.69. The summed E-state index contributed by atoms with van der Waals surface area (Å²) in [5, 5.41) is 9.90. The Morgan fingerprint density at radius 2 is 1.92 bits per heavy atom. The zero-order chi connectivity index (χ0) is 18.4. The quantitative estimate of drug-likeness (QED) is 0.812. The Morgan fingerprint density at radius 3 is 2.60 bits per heavy atom. The zero-order valence-corrected chi connectivity index (χ0v) is 13.9. The van der Waals surface area contributed by atoms with Gasteiger partial charge in [-0.2, -0.15) is 0 Å². The van der Waals surface area contributed by atoms with Crippen molar-refractivity contribution >= 4 is 11.9 Å². The number of nitrogens with zero attached hydrogens (tertiary/aromatic N) is 1. The Balaban J connectivity index is 1.94. The maximum absolute atomic E-state index is 13.2. The second-order valence-corrected chi connectivity index (χ2v) is 5.31. The Morgan fingerprint density at radius 1 is 1.20 bits per heavy atom. The molecule has 25 heavy (non-hydrogen) atoms. The van der Waals surface area contributed by atoms with Crippen LogP contribution < -0.4 is 4.74 Å². The summed E-state index contributed by atoms with van der Waals surface area (Å²) in [5.74, 6) is -1.92. The van der Waals surface area contributed by atoms with Gasteiger partial charge in [0.15, 0.2) is 18.1 Å². The summed E-state index contributed by atoms with van der Waals surface area (Å²) in [4.78, 5) is 25.4. The largest absolute Gasteiger partial charge is 0.504 e. The molecule has 132 valence electrons. The molecule has 0 fully saturated rings. The highest BCUT2D eigenvalue weighted by molar-refractivity contribution is 5.94. The molecule has 2 aromatic carbocycles. The molecule has 0 aliphatic heterocycles. The molecule has 0 atom stereocenters. The molecular weight excluding hydrogens is 329 g/mol. The van der Waals surface area contributed by atoms with Crippen molar-refractivity contribution in [3.8, 4) is 11.5 Å². The van der Waals surface area contributed by atoms with Gasteiger partial charge in [-0.05, 0) is 29.8 Å². The maximum atomic E-state index is 13.2. The fourth-order valence-electron chi connectivity index (χ4n) is 2.16. The predicted molar refractivity (Wildman–Crippen MR) is 87.8 cm³/mol. The van der Waals surface area contributed by atoms with Gasteiger partial charge in [-0.1, -0.05) is 18.2 Å². The fourth-order valence-corrected chi connectivity index (χ4v) is 2.16. The van der Waals surface area contributed by atoms with Gasteiger partial charge in [0, 0.05) is 13.6 Å². The number of rotatable bonds is 6. The van der Waals surface area contributed by atoms with Crippen LogP contribution in [0.4, 0.5) is 4.39 Å². The van der Waals surface area contributed by atoms with E-state index in [0.29, 0.717) is 5.56 Å². The van der Waals surface area contributed by atoms with Crippen LogP contribution in [0.1, 0.15) is 15.9 Å². The van der Waals surface area contributed by atoms with Crippen LogP contribution in [0.2, 0.25) is 0 Å². The first-order chi connectivity index (χ1) is 11.9. The number of ether oxygens (including phenoxy) is 2. The van der Waals surface area contributed by atoms with E-state index < -0.39 is 24.3 Å². The lowest BCUT2D eigenvalue weighted by Gasteiger charge is -2.17. The average Bonchev–Trinajstić information content (AvgIpc) is 2.59. The van der Waals surface area contributed by atoms with Crippen LogP contribution in [0.5, 0.6) is 11.5 Å². The molecule has 0 radical (unpaired) electrons. The molecule has 0 spiro atoms. The molecule has 2 rings (SSSR count). The van der Waals surface area contributed by atoms with E-state index in [9.17, 15) is 19.1 Å². The van der Waals surface area contributed by atoms with E-state index in [2.05, 4.69) is 0 Å². The number of hydrogen-bond acceptors (Lipinski definition) is 5. The number of methoxy groups -OCH3 is 1. The number of likely N-dealkylation sites (N-methyl/N-ethyl adjacent to an activating group) is 1. The van der Waals surface area contributed by atoms with Gasteiger partial charge in [0.1, 0.15) is 11.4 Å². The van der Waals surface area contributed by atoms with Crippen molar-refractivity contribution in [3.05, 3.63) is 59.4 Å². The summed E-state index contributed by atoms with van der Waals surface area (Å²) in [5.41, 5.74) is 0.521. The number of aromatic hydroxyl groups is 1. The van der Waals surface area contributed by atoms with E-state index in [4.69, 9.17) is 9.47 Å². The number of carbonyl (C=O) groups excluding carboxylic acids is 2. The number of para-hydroxylation sites is 1. The standard InChI is InChI=1S/C18H18FNO5/c1-20(10-12-5-3-6-13(19)9-12)16(21)11-25-18(23)14-7-4-8-15(24-2)17(14)22/h3-9,22H,10-11H2,1-2H3. The molecule has 1 N–H and O–H groups in total. The van der Waals surface area contributed by atoms with Crippen molar-refractivity contribution in [1.82, 2.24) is 4.90 Å². The molecule has 0 aromatic heterocycles. The SMILES string of the molecule is COc1cccc(C(=O)OCC(=O)N(C)Cc2cccc(F)c2)c1O.